The van der Waals surface area contributed by atoms with E-state index in [1.165, 1.54) is 6.42 Å². The van der Waals surface area contributed by atoms with Gasteiger partial charge in [-0.15, -0.1) is 0 Å². The van der Waals surface area contributed by atoms with E-state index in [0.717, 1.165) is 29.6 Å². The van der Waals surface area contributed by atoms with Gasteiger partial charge < -0.3 is 11.1 Å². The van der Waals surface area contributed by atoms with Crippen LogP contribution in [0.1, 0.15) is 18.9 Å². The molecule has 0 spiro atoms. The van der Waals surface area contributed by atoms with Crippen LogP contribution >= 0.6 is 23.8 Å². The third-order valence-corrected chi connectivity index (χ3v) is 3.63. The zero-order valence-electron chi connectivity index (χ0n) is 9.16. The Morgan fingerprint density at radius 2 is 2.31 bits per heavy atom. The van der Waals surface area contributed by atoms with Crippen LogP contribution in [0, 0.1) is 11.8 Å². The van der Waals surface area contributed by atoms with Crippen LogP contribution in [-0.2, 0) is 0 Å². The lowest BCUT2D eigenvalue weighted by Crippen LogP contribution is -2.10. The molecule has 0 radical (unpaired) electrons. The molecule has 0 aliphatic heterocycles. The molecule has 0 aromatic heterocycles. The van der Waals surface area contributed by atoms with E-state index in [0.29, 0.717) is 10.0 Å². The van der Waals surface area contributed by atoms with E-state index in [4.69, 9.17) is 29.6 Å². The molecule has 1 aromatic rings. The summed E-state index contributed by atoms with van der Waals surface area (Å²) < 4.78 is 0. The summed E-state index contributed by atoms with van der Waals surface area (Å²) in [5.41, 5.74) is 7.31. The highest BCUT2D eigenvalue weighted by Gasteiger charge is 2.31. The minimum atomic E-state index is 0.379. The normalized spacial score (nSPS) is 22.9. The second kappa shape index (κ2) is 4.60. The third kappa shape index (κ3) is 2.66. The Balaban J connectivity index is 2.01. The maximum Gasteiger partial charge on any atom is 0.104 e. The van der Waals surface area contributed by atoms with Crippen molar-refractivity contribution in [3.63, 3.8) is 0 Å². The molecule has 1 fully saturated rings. The van der Waals surface area contributed by atoms with Gasteiger partial charge in [0.25, 0.3) is 0 Å². The molecule has 2 nitrogen and oxygen atoms in total. The molecule has 1 aliphatic rings. The molecule has 4 heteroatoms. The van der Waals surface area contributed by atoms with Crippen LogP contribution in [0.3, 0.4) is 0 Å². The molecule has 2 rings (SSSR count). The predicted octanol–water partition coefficient (Wildman–Crippen LogP) is 3.04. The predicted molar refractivity (Wildman–Crippen MR) is 73.1 cm³/mol. The van der Waals surface area contributed by atoms with Gasteiger partial charge in [0.05, 0.1) is 10.7 Å². The summed E-state index contributed by atoms with van der Waals surface area (Å²) in [4.78, 5) is 0.379. The number of anilines is 1. The van der Waals surface area contributed by atoms with E-state index >= 15 is 0 Å². The number of halogens is 1. The van der Waals surface area contributed by atoms with E-state index in [2.05, 4.69) is 12.2 Å². The van der Waals surface area contributed by atoms with Crippen LogP contribution in [0.25, 0.3) is 0 Å². The van der Waals surface area contributed by atoms with Gasteiger partial charge in [-0.2, -0.15) is 0 Å². The van der Waals surface area contributed by atoms with Crippen LogP contribution < -0.4 is 11.1 Å². The number of hydrogen-bond donors (Lipinski definition) is 2. The van der Waals surface area contributed by atoms with Crippen LogP contribution in [-0.4, -0.2) is 11.5 Å². The quantitative estimate of drug-likeness (QED) is 0.812. The fraction of sp³-hybridized carbons (Fsp3) is 0.417. The van der Waals surface area contributed by atoms with E-state index in [-0.39, 0.29) is 0 Å². The SMILES string of the molecule is CC1CC1CNc1ccc(C(N)=S)cc1Cl. The zero-order valence-corrected chi connectivity index (χ0v) is 10.7. The molecule has 0 heterocycles. The lowest BCUT2D eigenvalue weighted by Gasteiger charge is -2.09. The first-order chi connectivity index (χ1) is 7.58. The van der Waals surface area contributed by atoms with Crippen LogP contribution in [0.2, 0.25) is 5.02 Å². The van der Waals surface area contributed by atoms with Gasteiger partial charge in [-0.05, 0) is 36.5 Å². The highest BCUT2D eigenvalue weighted by atomic mass is 35.5. The van der Waals surface area contributed by atoms with Crippen molar-refractivity contribution in [2.24, 2.45) is 17.6 Å². The second-order valence-electron chi connectivity index (χ2n) is 4.41. The summed E-state index contributed by atoms with van der Waals surface area (Å²) in [6, 6.07) is 5.64. The first kappa shape index (κ1) is 11.7. The summed E-state index contributed by atoms with van der Waals surface area (Å²) in [7, 11) is 0. The van der Waals surface area contributed by atoms with Crippen molar-refractivity contribution in [1.29, 1.82) is 0 Å². The number of hydrogen-bond acceptors (Lipinski definition) is 2. The average molecular weight is 255 g/mol. The van der Waals surface area contributed by atoms with Gasteiger partial charge in [-0.3, -0.25) is 0 Å². The van der Waals surface area contributed by atoms with Gasteiger partial charge in [0.1, 0.15) is 4.99 Å². The average Bonchev–Trinajstić information content (AvgIpc) is 2.92. The first-order valence-electron chi connectivity index (χ1n) is 5.41. The Morgan fingerprint density at radius 1 is 1.62 bits per heavy atom. The molecular weight excluding hydrogens is 240 g/mol. The van der Waals surface area contributed by atoms with Crippen LogP contribution in [0.5, 0.6) is 0 Å². The number of thiocarbonyl (C=S) groups is 1. The van der Waals surface area contributed by atoms with E-state index in [9.17, 15) is 0 Å². The number of nitrogens with one attached hydrogen (secondary N) is 1. The van der Waals surface area contributed by atoms with E-state index < -0.39 is 0 Å². The van der Waals surface area contributed by atoms with Gasteiger partial charge in [0.15, 0.2) is 0 Å². The molecule has 0 amide bonds. The largest absolute Gasteiger partial charge is 0.389 e. The lowest BCUT2D eigenvalue weighted by atomic mass is 10.2. The number of benzene rings is 1. The summed E-state index contributed by atoms with van der Waals surface area (Å²) in [6.45, 7) is 3.26. The van der Waals surface area contributed by atoms with Crippen LogP contribution in [0.15, 0.2) is 18.2 Å². The van der Waals surface area contributed by atoms with Crippen molar-refractivity contribution in [1.82, 2.24) is 0 Å². The van der Waals surface area contributed by atoms with Crippen molar-refractivity contribution in [3.8, 4) is 0 Å². The van der Waals surface area contributed by atoms with Crippen molar-refractivity contribution in [3.05, 3.63) is 28.8 Å². The van der Waals surface area contributed by atoms with E-state index in [1.807, 2.05) is 18.2 Å². The van der Waals surface area contributed by atoms with Crippen molar-refractivity contribution in [2.45, 2.75) is 13.3 Å². The van der Waals surface area contributed by atoms with Crippen molar-refractivity contribution in [2.75, 3.05) is 11.9 Å². The monoisotopic (exact) mass is 254 g/mol. The van der Waals surface area contributed by atoms with Gasteiger partial charge in [0.2, 0.25) is 0 Å². The summed E-state index contributed by atoms with van der Waals surface area (Å²) in [5, 5.41) is 4.03. The second-order valence-corrected chi connectivity index (χ2v) is 5.26. The number of nitrogens with two attached hydrogens (primary N) is 1. The summed E-state index contributed by atoms with van der Waals surface area (Å²) in [5.74, 6) is 1.65. The Bertz CT molecular complexity index is 419. The molecule has 86 valence electrons. The Labute approximate surface area is 106 Å². The fourth-order valence-corrected chi connectivity index (χ4v) is 2.11. The molecule has 1 aromatic carbocycles. The molecule has 1 saturated carbocycles. The molecule has 2 atom stereocenters. The first-order valence-corrected chi connectivity index (χ1v) is 6.20. The molecular formula is C12H15ClN2S. The summed E-state index contributed by atoms with van der Waals surface area (Å²) in [6.07, 6.45) is 1.32. The van der Waals surface area contributed by atoms with Crippen LogP contribution in [0.4, 0.5) is 5.69 Å². The number of rotatable bonds is 4. The molecule has 0 bridgehead atoms. The van der Waals surface area contributed by atoms with Gasteiger partial charge in [-0.1, -0.05) is 30.7 Å². The smallest absolute Gasteiger partial charge is 0.104 e. The van der Waals surface area contributed by atoms with Crippen molar-refractivity contribution >= 4 is 34.5 Å². The maximum atomic E-state index is 6.14. The van der Waals surface area contributed by atoms with Gasteiger partial charge in [-0.25, -0.2) is 0 Å². The molecule has 16 heavy (non-hydrogen) atoms. The molecule has 3 N–H and O–H groups in total. The van der Waals surface area contributed by atoms with Gasteiger partial charge in [0, 0.05) is 12.1 Å². The Kier molecular flexibility index (Phi) is 3.36. The molecule has 2 unspecified atom stereocenters. The third-order valence-electron chi connectivity index (χ3n) is 3.08. The molecule has 0 saturated heterocycles. The highest BCUT2D eigenvalue weighted by Crippen LogP contribution is 2.38. The summed E-state index contributed by atoms with van der Waals surface area (Å²) >= 11 is 11.0. The lowest BCUT2D eigenvalue weighted by molar-refractivity contribution is 0.787. The van der Waals surface area contributed by atoms with E-state index in [1.54, 1.807) is 0 Å². The Hall–Kier alpha value is -0.800. The van der Waals surface area contributed by atoms with Gasteiger partial charge >= 0.3 is 0 Å². The Morgan fingerprint density at radius 3 is 2.81 bits per heavy atom. The molecule has 1 aliphatic carbocycles. The maximum absolute atomic E-state index is 6.14. The fourth-order valence-electron chi connectivity index (χ4n) is 1.74. The zero-order chi connectivity index (χ0) is 11.7. The standard InChI is InChI=1S/C12H15ClN2S/c1-7-4-9(7)6-15-11-3-2-8(12(14)16)5-10(11)13/h2-3,5,7,9,15H,4,6H2,1H3,(H2,14,16). The topological polar surface area (TPSA) is 38.0 Å². The van der Waals surface area contributed by atoms with Crippen molar-refractivity contribution < 1.29 is 0 Å². The highest BCUT2D eigenvalue weighted by molar-refractivity contribution is 7.80. The minimum absolute atomic E-state index is 0.379. The minimum Gasteiger partial charge on any atom is -0.389 e.